The minimum Gasteiger partial charge on any atom is -0.480 e. The maximum absolute atomic E-state index is 13.9. The second-order valence-corrected chi connectivity index (χ2v) is 11.1. The van der Waals surface area contributed by atoms with Crippen LogP contribution in [0.4, 0.5) is 4.39 Å². The van der Waals surface area contributed by atoms with Gasteiger partial charge in [0.25, 0.3) is 0 Å². The van der Waals surface area contributed by atoms with Crippen molar-refractivity contribution in [3.8, 4) is 22.6 Å². The fourth-order valence-electron chi connectivity index (χ4n) is 4.48. The van der Waals surface area contributed by atoms with Gasteiger partial charge in [0.05, 0.1) is 18.3 Å². The van der Waals surface area contributed by atoms with Crippen molar-refractivity contribution in [2.45, 2.75) is 25.9 Å². The molecule has 5 aromatic carbocycles. The molecule has 0 saturated heterocycles. The molecule has 5 rings (SSSR count). The van der Waals surface area contributed by atoms with E-state index in [2.05, 4.69) is 65.8 Å². The Kier molecular flexibility index (Phi) is 6.49. The monoisotopic (exact) mass is 500 g/mol. The minimum atomic E-state index is -0.292. The summed E-state index contributed by atoms with van der Waals surface area (Å²) in [5.41, 5.74) is 3.71. The number of hydrogen-bond acceptors (Lipinski definition) is 2. The van der Waals surface area contributed by atoms with E-state index in [1.807, 2.05) is 42.5 Å². The van der Waals surface area contributed by atoms with Crippen molar-refractivity contribution in [3.63, 3.8) is 0 Å². The Balaban J connectivity index is 1.66. The van der Waals surface area contributed by atoms with Crippen LogP contribution in [0.5, 0.6) is 11.5 Å². The van der Waals surface area contributed by atoms with Crippen molar-refractivity contribution in [2.24, 2.45) is 0 Å². The van der Waals surface area contributed by atoms with E-state index >= 15 is 0 Å². The van der Waals surface area contributed by atoms with Crippen LogP contribution >= 0.6 is 18.3 Å². The summed E-state index contributed by atoms with van der Waals surface area (Å²) in [6.45, 7) is 6.06. The highest BCUT2D eigenvalue weighted by molar-refractivity contribution is 7.34. The lowest BCUT2D eigenvalue weighted by molar-refractivity contribution is 0.587. The Morgan fingerprint density at radius 1 is 0.743 bits per heavy atom. The van der Waals surface area contributed by atoms with Crippen LogP contribution in [0.3, 0.4) is 0 Å². The molecule has 0 aliphatic rings. The average Bonchev–Trinajstić information content (AvgIpc) is 2.88. The van der Waals surface area contributed by atoms with Gasteiger partial charge in [0, 0.05) is 16.3 Å². The van der Waals surface area contributed by atoms with Gasteiger partial charge in [0.1, 0.15) is 17.3 Å². The fraction of sp³-hybridized carbons (Fsp3) is 0.133. The largest absolute Gasteiger partial charge is 0.480 e. The first-order valence-electron chi connectivity index (χ1n) is 11.5. The van der Waals surface area contributed by atoms with Crippen LogP contribution in [0.25, 0.3) is 32.7 Å². The van der Waals surface area contributed by atoms with Crippen molar-refractivity contribution in [1.82, 2.24) is 0 Å². The molecule has 0 heterocycles. The zero-order valence-corrected chi connectivity index (χ0v) is 22.1. The molecule has 0 amide bonds. The van der Waals surface area contributed by atoms with Gasteiger partial charge in [-0.15, -0.1) is 0 Å². The molecule has 0 spiro atoms. The van der Waals surface area contributed by atoms with Crippen molar-refractivity contribution in [2.75, 3.05) is 0 Å². The van der Waals surface area contributed by atoms with Crippen LogP contribution in [0.1, 0.15) is 25.0 Å². The summed E-state index contributed by atoms with van der Waals surface area (Å²) in [5, 5.41) is 4.18. The van der Waals surface area contributed by atoms with Crippen molar-refractivity contribution < 1.29 is 13.4 Å². The van der Waals surface area contributed by atoms with Gasteiger partial charge in [0.2, 0.25) is 0 Å². The quantitative estimate of drug-likeness (QED) is 0.216. The molecule has 0 radical (unpaired) electrons. The van der Waals surface area contributed by atoms with Crippen molar-refractivity contribution in [3.05, 3.63) is 108 Å². The Morgan fingerprint density at radius 3 is 1.91 bits per heavy atom. The maximum Gasteiger partial charge on any atom is 0.131 e. The van der Waals surface area contributed by atoms with E-state index in [9.17, 15) is 4.39 Å². The zero-order valence-electron chi connectivity index (χ0n) is 19.9. The number of fused-ring (bicyclic) bond motifs is 2. The predicted octanol–water partition coefficient (Wildman–Crippen LogP) is 9.18. The molecule has 0 saturated carbocycles. The summed E-state index contributed by atoms with van der Waals surface area (Å²) in [7, 11) is 2.51. The normalized spacial score (nSPS) is 12.0. The Labute approximate surface area is 209 Å². The van der Waals surface area contributed by atoms with E-state index in [0.29, 0.717) is 5.56 Å². The number of hydrogen-bond donors (Lipinski definition) is 0. The lowest BCUT2D eigenvalue weighted by Gasteiger charge is -2.27. The first-order valence-corrected chi connectivity index (χ1v) is 12.9. The van der Waals surface area contributed by atoms with Gasteiger partial charge < -0.3 is 9.05 Å². The van der Waals surface area contributed by atoms with Crippen molar-refractivity contribution >= 4 is 39.8 Å². The van der Waals surface area contributed by atoms with Gasteiger partial charge in [-0.2, -0.15) is 0 Å². The fourth-order valence-corrected chi connectivity index (χ4v) is 5.48. The van der Waals surface area contributed by atoms with Gasteiger partial charge in [0.15, 0.2) is 0 Å². The smallest absolute Gasteiger partial charge is 0.131 e. The third kappa shape index (κ3) is 4.52. The average molecular weight is 500 g/mol. The molecule has 5 heteroatoms. The lowest BCUT2D eigenvalue weighted by atomic mass is 9.92. The van der Waals surface area contributed by atoms with Crippen LogP contribution < -0.4 is 9.05 Å². The van der Waals surface area contributed by atoms with Crippen LogP contribution in [0, 0.1) is 12.7 Å². The molecular formula is C30H27FO2P2. The minimum absolute atomic E-state index is 0.125. The molecule has 5 aromatic rings. The summed E-state index contributed by atoms with van der Waals surface area (Å²) >= 11 is 0. The summed E-state index contributed by atoms with van der Waals surface area (Å²) in [5.74, 6) is 1.38. The van der Waals surface area contributed by atoms with Crippen LogP contribution in [-0.4, -0.2) is 0 Å². The summed E-state index contributed by atoms with van der Waals surface area (Å²) < 4.78 is 26.3. The molecule has 0 aliphatic carbocycles. The van der Waals surface area contributed by atoms with E-state index in [0.717, 1.165) is 49.7 Å². The highest BCUT2D eigenvalue weighted by atomic mass is 31.1. The SMILES string of the molecule is Cc1cc(C(C)(C)POc2ccc3ccccc3c2-c2c(OP)ccc3ccccc23)ccc1F. The van der Waals surface area contributed by atoms with Gasteiger partial charge in [-0.05, 0) is 71.6 Å². The van der Waals surface area contributed by atoms with Crippen LogP contribution in [0.2, 0.25) is 0 Å². The van der Waals surface area contributed by atoms with Gasteiger partial charge in [-0.25, -0.2) is 4.39 Å². The van der Waals surface area contributed by atoms with Gasteiger partial charge in [-0.3, -0.25) is 0 Å². The van der Waals surface area contributed by atoms with Gasteiger partial charge >= 0.3 is 0 Å². The first-order chi connectivity index (χ1) is 16.9. The van der Waals surface area contributed by atoms with E-state index in [-0.39, 0.29) is 19.8 Å². The summed E-state index contributed by atoms with van der Waals surface area (Å²) in [4.78, 5) is 0. The van der Waals surface area contributed by atoms with E-state index in [4.69, 9.17) is 9.05 Å². The maximum atomic E-state index is 13.9. The molecule has 0 aromatic heterocycles. The molecular weight excluding hydrogens is 473 g/mol. The predicted molar refractivity (Wildman–Crippen MR) is 150 cm³/mol. The van der Waals surface area contributed by atoms with E-state index in [1.54, 1.807) is 6.92 Å². The highest BCUT2D eigenvalue weighted by Crippen LogP contribution is 2.49. The molecule has 176 valence electrons. The first kappa shape index (κ1) is 23.7. The van der Waals surface area contributed by atoms with Gasteiger partial charge in [-0.1, -0.05) is 72.8 Å². The summed E-state index contributed by atoms with van der Waals surface area (Å²) in [6, 6.07) is 30.2. The van der Waals surface area contributed by atoms with Crippen LogP contribution in [0.15, 0.2) is 91.0 Å². The Bertz CT molecular complexity index is 1550. The van der Waals surface area contributed by atoms with E-state index < -0.39 is 0 Å². The second kappa shape index (κ2) is 9.57. The third-order valence-corrected chi connectivity index (χ3v) is 7.83. The lowest BCUT2D eigenvalue weighted by Crippen LogP contribution is -2.12. The molecule has 0 bridgehead atoms. The second-order valence-electron chi connectivity index (χ2n) is 9.23. The van der Waals surface area contributed by atoms with Crippen LogP contribution in [-0.2, 0) is 5.16 Å². The molecule has 2 nitrogen and oxygen atoms in total. The molecule has 2 unspecified atom stereocenters. The Hall–Kier alpha value is -2.99. The number of aryl methyl sites for hydroxylation is 1. The highest BCUT2D eigenvalue weighted by Gasteiger charge is 2.25. The number of halogens is 1. The van der Waals surface area contributed by atoms with E-state index in [1.165, 1.54) is 6.07 Å². The zero-order chi connectivity index (χ0) is 24.6. The topological polar surface area (TPSA) is 18.5 Å². The van der Waals surface area contributed by atoms with Crippen molar-refractivity contribution in [1.29, 1.82) is 0 Å². The molecule has 0 aliphatic heterocycles. The third-order valence-electron chi connectivity index (χ3n) is 6.45. The summed E-state index contributed by atoms with van der Waals surface area (Å²) in [6.07, 6.45) is 0. The standard InChI is InChI=1S/C30H27FO2P2/c1-19-18-22(14-15-25(19)31)30(2,3)35-33-27-17-13-21-9-5-7-11-24(21)29(27)28-23-10-6-4-8-20(23)12-16-26(28)32-34/h4-18,35H,34H2,1-3H3. The Morgan fingerprint density at radius 2 is 1.31 bits per heavy atom. The molecule has 2 atom stereocenters. The molecule has 35 heavy (non-hydrogen) atoms. The number of benzene rings is 5. The molecule has 0 fully saturated rings. The molecule has 0 N–H and O–H groups in total. The number of rotatable bonds is 6.